The lowest BCUT2D eigenvalue weighted by molar-refractivity contribution is 0.0221. The molecule has 0 spiro atoms. The standard InChI is InChI=1S/C15H23N3O3/c1-15(2,3)21-14(20)17-8-7-11-12(9-17)16-18(13(11)19)10-5-4-6-10/h10,16H,4-9H2,1-3H3. The van der Waals surface area contributed by atoms with E-state index in [1.165, 1.54) is 6.42 Å². The van der Waals surface area contributed by atoms with Crippen molar-refractivity contribution in [3.8, 4) is 0 Å². The van der Waals surface area contributed by atoms with Crippen molar-refractivity contribution in [1.29, 1.82) is 0 Å². The summed E-state index contributed by atoms with van der Waals surface area (Å²) < 4.78 is 7.15. The number of hydrogen-bond donors (Lipinski definition) is 1. The smallest absolute Gasteiger partial charge is 0.410 e. The molecule has 6 nitrogen and oxygen atoms in total. The van der Waals surface area contributed by atoms with Crippen LogP contribution in [0.3, 0.4) is 0 Å². The number of amides is 1. The van der Waals surface area contributed by atoms with Crippen LogP contribution in [-0.4, -0.2) is 32.9 Å². The molecule has 1 aliphatic carbocycles. The fourth-order valence-electron chi connectivity index (χ4n) is 2.83. The Hall–Kier alpha value is -1.72. The normalized spacial score (nSPS) is 19.1. The number of rotatable bonds is 1. The molecule has 1 amide bonds. The minimum absolute atomic E-state index is 0.0959. The van der Waals surface area contributed by atoms with Gasteiger partial charge >= 0.3 is 6.09 Å². The van der Waals surface area contributed by atoms with Crippen molar-refractivity contribution in [1.82, 2.24) is 14.7 Å². The minimum Gasteiger partial charge on any atom is -0.444 e. The first kappa shape index (κ1) is 14.2. The van der Waals surface area contributed by atoms with Crippen LogP contribution in [0, 0.1) is 0 Å². The fourth-order valence-corrected chi connectivity index (χ4v) is 2.83. The van der Waals surface area contributed by atoms with Crippen LogP contribution in [0.4, 0.5) is 4.79 Å². The maximum Gasteiger partial charge on any atom is 0.410 e. The van der Waals surface area contributed by atoms with Crippen molar-refractivity contribution in [3.63, 3.8) is 0 Å². The molecular formula is C15H23N3O3. The molecule has 0 radical (unpaired) electrons. The van der Waals surface area contributed by atoms with E-state index in [1.54, 1.807) is 9.58 Å². The molecule has 1 aromatic rings. The first-order chi connectivity index (χ1) is 9.85. The van der Waals surface area contributed by atoms with Crippen molar-refractivity contribution in [2.24, 2.45) is 0 Å². The molecule has 0 unspecified atom stereocenters. The third kappa shape index (κ3) is 2.71. The van der Waals surface area contributed by atoms with Gasteiger partial charge in [0.2, 0.25) is 0 Å². The number of carbonyl (C=O) groups excluding carboxylic acids is 1. The van der Waals surface area contributed by atoms with Crippen molar-refractivity contribution in [3.05, 3.63) is 21.6 Å². The maximum absolute atomic E-state index is 12.4. The van der Waals surface area contributed by atoms with Crippen LogP contribution in [0.2, 0.25) is 0 Å². The Morgan fingerprint density at radius 2 is 2.05 bits per heavy atom. The van der Waals surface area contributed by atoms with Crippen LogP contribution < -0.4 is 5.56 Å². The maximum atomic E-state index is 12.4. The second-order valence-corrected chi connectivity index (χ2v) is 6.98. The summed E-state index contributed by atoms with van der Waals surface area (Å²) in [5.41, 5.74) is 1.30. The van der Waals surface area contributed by atoms with E-state index in [2.05, 4.69) is 5.10 Å². The van der Waals surface area contributed by atoms with Gasteiger partial charge < -0.3 is 9.64 Å². The van der Waals surface area contributed by atoms with Gasteiger partial charge in [-0.25, -0.2) is 9.48 Å². The molecule has 1 N–H and O–H groups in total. The molecule has 0 aromatic carbocycles. The van der Waals surface area contributed by atoms with Gasteiger partial charge in [0.25, 0.3) is 5.56 Å². The summed E-state index contributed by atoms with van der Waals surface area (Å²) in [7, 11) is 0. The zero-order valence-corrected chi connectivity index (χ0v) is 12.9. The van der Waals surface area contributed by atoms with Crippen LogP contribution in [0.15, 0.2) is 4.79 Å². The molecule has 1 aliphatic heterocycles. The van der Waals surface area contributed by atoms with Gasteiger partial charge in [0.15, 0.2) is 0 Å². The van der Waals surface area contributed by atoms with Crippen LogP contribution in [0.1, 0.15) is 57.3 Å². The average molecular weight is 293 g/mol. The Morgan fingerprint density at radius 1 is 1.33 bits per heavy atom. The SMILES string of the molecule is CC(C)(C)OC(=O)N1CCc2c([nH]n(C3CCC3)c2=O)C1. The summed E-state index contributed by atoms with van der Waals surface area (Å²) >= 11 is 0. The highest BCUT2D eigenvalue weighted by Gasteiger charge is 2.31. The van der Waals surface area contributed by atoms with E-state index in [0.717, 1.165) is 24.1 Å². The lowest BCUT2D eigenvalue weighted by atomic mass is 9.93. The van der Waals surface area contributed by atoms with Crippen LogP contribution in [-0.2, 0) is 17.7 Å². The van der Waals surface area contributed by atoms with Crippen LogP contribution in [0.5, 0.6) is 0 Å². The van der Waals surface area contributed by atoms with E-state index in [9.17, 15) is 9.59 Å². The summed E-state index contributed by atoms with van der Waals surface area (Å²) in [5.74, 6) is 0. The first-order valence-electron chi connectivity index (χ1n) is 7.65. The van der Waals surface area contributed by atoms with Gasteiger partial charge in [0.05, 0.1) is 18.3 Å². The van der Waals surface area contributed by atoms with E-state index in [-0.39, 0.29) is 11.7 Å². The number of fused-ring (bicyclic) bond motifs is 1. The highest BCUT2D eigenvalue weighted by atomic mass is 16.6. The number of ether oxygens (including phenoxy) is 1. The van der Waals surface area contributed by atoms with E-state index in [0.29, 0.717) is 25.6 Å². The number of H-pyrrole nitrogens is 1. The number of aromatic nitrogens is 2. The van der Waals surface area contributed by atoms with Gasteiger partial charge in [0, 0.05) is 12.1 Å². The Kier molecular flexibility index (Phi) is 3.34. The van der Waals surface area contributed by atoms with Gasteiger partial charge in [-0.05, 0) is 46.5 Å². The quantitative estimate of drug-likeness (QED) is 0.863. The predicted octanol–water partition coefficient (Wildman–Crippen LogP) is 2.19. The van der Waals surface area contributed by atoms with Crippen molar-refractivity contribution < 1.29 is 9.53 Å². The van der Waals surface area contributed by atoms with E-state index < -0.39 is 5.60 Å². The Balaban J connectivity index is 1.76. The molecular weight excluding hydrogens is 270 g/mol. The van der Waals surface area contributed by atoms with Gasteiger partial charge in [-0.3, -0.25) is 9.89 Å². The summed E-state index contributed by atoms with van der Waals surface area (Å²) in [6, 6.07) is 0.318. The molecule has 21 heavy (non-hydrogen) atoms. The summed E-state index contributed by atoms with van der Waals surface area (Å²) in [6.07, 6.45) is 3.60. The highest BCUT2D eigenvalue weighted by Crippen LogP contribution is 2.30. The highest BCUT2D eigenvalue weighted by molar-refractivity contribution is 5.68. The average Bonchev–Trinajstić information content (AvgIpc) is 2.62. The molecule has 0 atom stereocenters. The zero-order valence-electron chi connectivity index (χ0n) is 12.9. The molecule has 116 valence electrons. The van der Waals surface area contributed by atoms with E-state index in [1.807, 2.05) is 20.8 Å². The first-order valence-corrected chi connectivity index (χ1v) is 7.65. The van der Waals surface area contributed by atoms with Gasteiger partial charge in [-0.2, -0.15) is 0 Å². The van der Waals surface area contributed by atoms with Gasteiger partial charge in [-0.1, -0.05) is 0 Å². The molecule has 3 rings (SSSR count). The Labute approximate surface area is 124 Å². The largest absolute Gasteiger partial charge is 0.444 e. The van der Waals surface area contributed by atoms with Crippen LogP contribution >= 0.6 is 0 Å². The molecule has 2 heterocycles. The molecule has 1 fully saturated rings. The van der Waals surface area contributed by atoms with E-state index in [4.69, 9.17) is 4.74 Å². The number of nitrogens with one attached hydrogen (secondary N) is 1. The lowest BCUT2D eigenvalue weighted by Crippen LogP contribution is -2.40. The summed E-state index contributed by atoms with van der Waals surface area (Å²) in [4.78, 5) is 26.1. The molecule has 0 bridgehead atoms. The molecule has 1 saturated carbocycles. The molecule has 0 saturated heterocycles. The van der Waals surface area contributed by atoms with Crippen molar-refractivity contribution >= 4 is 6.09 Å². The van der Waals surface area contributed by atoms with Crippen molar-refractivity contribution in [2.45, 2.75) is 64.6 Å². The second kappa shape index (κ2) is 4.93. The topological polar surface area (TPSA) is 67.3 Å². The minimum atomic E-state index is -0.497. The van der Waals surface area contributed by atoms with Crippen molar-refractivity contribution in [2.75, 3.05) is 6.54 Å². The number of nitrogens with zero attached hydrogens (tertiary/aromatic N) is 2. The molecule has 2 aliphatic rings. The van der Waals surface area contributed by atoms with Crippen LogP contribution in [0.25, 0.3) is 0 Å². The Morgan fingerprint density at radius 3 is 2.62 bits per heavy atom. The lowest BCUT2D eigenvalue weighted by Gasteiger charge is -2.29. The number of carbonyl (C=O) groups is 1. The third-order valence-electron chi connectivity index (χ3n) is 4.17. The monoisotopic (exact) mass is 293 g/mol. The summed E-state index contributed by atoms with van der Waals surface area (Å²) in [6.45, 7) is 6.54. The van der Waals surface area contributed by atoms with Gasteiger partial charge in [0.1, 0.15) is 5.60 Å². The molecule has 6 heteroatoms. The second-order valence-electron chi connectivity index (χ2n) is 6.98. The predicted molar refractivity (Wildman–Crippen MR) is 78.3 cm³/mol. The number of hydrogen-bond acceptors (Lipinski definition) is 3. The third-order valence-corrected chi connectivity index (χ3v) is 4.17. The summed E-state index contributed by atoms with van der Waals surface area (Å²) in [5, 5.41) is 3.21. The van der Waals surface area contributed by atoms with E-state index >= 15 is 0 Å². The zero-order chi connectivity index (χ0) is 15.2. The molecule has 1 aromatic heterocycles. The fraction of sp³-hybridized carbons (Fsp3) is 0.733. The number of aromatic amines is 1. The van der Waals surface area contributed by atoms with Gasteiger partial charge in [-0.15, -0.1) is 0 Å². The Bertz CT molecular complexity index is 605.